The number of rotatable bonds is 4. The van der Waals surface area contributed by atoms with Crippen LogP contribution < -0.4 is 10.6 Å². The minimum atomic E-state index is -0.226. The number of nitrogens with zero attached hydrogens (tertiary/aromatic N) is 1. The smallest absolute Gasteiger partial charge is 0.268 e. The number of halogens is 1. The number of nitrogens with one attached hydrogen (secondary N) is 2. The third kappa shape index (κ3) is 3.30. The Labute approximate surface area is 155 Å². The van der Waals surface area contributed by atoms with Gasteiger partial charge in [0.2, 0.25) is 5.91 Å². The Morgan fingerprint density at radius 3 is 2.77 bits per heavy atom. The van der Waals surface area contributed by atoms with E-state index in [1.165, 1.54) is 0 Å². The molecular formula is C20H18ClN3O2. The summed E-state index contributed by atoms with van der Waals surface area (Å²) in [5, 5.41) is 7.52. The number of carbonyl (C=O) groups excluding carboxylic acids is 2. The predicted octanol–water partition coefficient (Wildman–Crippen LogP) is 3.11. The number of hydrogen-bond acceptors (Lipinski definition) is 2. The molecule has 0 aliphatic carbocycles. The van der Waals surface area contributed by atoms with Gasteiger partial charge in [-0.05, 0) is 29.8 Å². The van der Waals surface area contributed by atoms with Crippen molar-refractivity contribution in [2.75, 3.05) is 0 Å². The highest BCUT2D eigenvalue weighted by molar-refractivity contribution is 6.30. The van der Waals surface area contributed by atoms with Crippen LogP contribution >= 0.6 is 11.6 Å². The Morgan fingerprint density at radius 2 is 1.96 bits per heavy atom. The Kier molecular flexibility index (Phi) is 4.39. The molecular weight excluding hydrogens is 350 g/mol. The van der Waals surface area contributed by atoms with Crippen molar-refractivity contribution in [2.24, 2.45) is 0 Å². The van der Waals surface area contributed by atoms with Crippen LogP contribution in [-0.4, -0.2) is 22.4 Å². The topological polar surface area (TPSA) is 63.1 Å². The highest BCUT2D eigenvalue weighted by Gasteiger charge is 2.27. The third-order valence-electron chi connectivity index (χ3n) is 4.62. The van der Waals surface area contributed by atoms with Crippen molar-refractivity contribution >= 4 is 34.3 Å². The van der Waals surface area contributed by atoms with Crippen molar-refractivity contribution in [1.82, 2.24) is 15.2 Å². The summed E-state index contributed by atoms with van der Waals surface area (Å²) in [7, 11) is 0. The molecule has 0 saturated carbocycles. The molecule has 132 valence electrons. The van der Waals surface area contributed by atoms with Crippen molar-refractivity contribution in [3.8, 4) is 0 Å². The van der Waals surface area contributed by atoms with Crippen molar-refractivity contribution in [3.05, 3.63) is 70.9 Å². The molecule has 5 nitrogen and oxygen atoms in total. The van der Waals surface area contributed by atoms with Gasteiger partial charge in [0.05, 0.1) is 6.04 Å². The lowest BCUT2D eigenvalue weighted by molar-refractivity contribution is -0.121. The molecule has 1 aliphatic rings. The van der Waals surface area contributed by atoms with E-state index in [2.05, 4.69) is 10.6 Å². The largest absolute Gasteiger partial charge is 0.352 e. The first-order valence-corrected chi connectivity index (χ1v) is 8.88. The van der Waals surface area contributed by atoms with E-state index in [-0.39, 0.29) is 24.3 Å². The van der Waals surface area contributed by atoms with Crippen LogP contribution in [-0.2, 0) is 17.9 Å². The summed E-state index contributed by atoms with van der Waals surface area (Å²) in [5.41, 5.74) is 2.64. The van der Waals surface area contributed by atoms with Crippen LogP contribution in [0.25, 0.3) is 10.9 Å². The van der Waals surface area contributed by atoms with Crippen molar-refractivity contribution in [1.29, 1.82) is 0 Å². The van der Waals surface area contributed by atoms with E-state index in [0.29, 0.717) is 23.8 Å². The number of fused-ring (bicyclic) bond motifs is 3. The fourth-order valence-electron chi connectivity index (χ4n) is 3.34. The van der Waals surface area contributed by atoms with Crippen LogP contribution in [0.3, 0.4) is 0 Å². The number of para-hydroxylation sites is 1. The SMILES string of the molecule is O=C(C[C@H]1Cn2c(cc3ccccc32)C(=O)N1)NCc1ccc(Cl)cc1. The van der Waals surface area contributed by atoms with Crippen molar-refractivity contribution in [2.45, 2.75) is 25.6 Å². The average molecular weight is 368 g/mol. The van der Waals surface area contributed by atoms with Gasteiger partial charge in [-0.2, -0.15) is 0 Å². The van der Waals surface area contributed by atoms with Crippen LogP contribution in [0.5, 0.6) is 0 Å². The third-order valence-corrected chi connectivity index (χ3v) is 4.87. The normalized spacial score (nSPS) is 16.2. The first kappa shape index (κ1) is 16.7. The van der Waals surface area contributed by atoms with Gasteiger partial charge in [0, 0.05) is 35.4 Å². The molecule has 0 bridgehead atoms. The van der Waals surface area contributed by atoms with E-state index in [4.69, 9.17) is 11.6 Å². The molecule has 2 N–H and O–H groups in total. The summed E-state index contributed by atoms with van der Waals surface area (Å²) in [4.78, 5) is 24.7. The number of aromatic nitrogens is 1. The Hall–Kier alpha value is -2.79. The van der Waals surface area contributed by atoms with Crippen LogP contribution in [0, 0.1) is 0 Å². The quantitative estimate of drug-likeness (QED) is 0.744. The second kappa shape index (κ2) is 6.84. The maximum Gasteiger partial charge on any atom is 0.268 e. The van der Waals surface area contributed by atoms with Crippen LogP contribution in [0.15, 0.2) is 54.6 Å². The fourth-order valence-corrected chi connectivity index (χ4v) is 3.46. The van der Waals surface area contributed by atoms with Crippen molar-refractivity contribution in [3.63, 3.8) is 0 Å². The molecule has 6 heteroatoms. The second-order valence-electron chi connectivity index (χ2n) is 6.48. The van der Waals surface area contributed by atoms with Gasteiger partial charge in [0.15, 0.2) is 0 Å². The maximum atomic E-state index is 12.4. The number of carbonyl (C=O) groups is 2. The summed E-state index contributed by atoms with van der Waals surface area (Å²) < 4.78 is 1.99. The van der Waals surface area contributed by atoms with Gasteiger partial charge in [-0.25, -0.2) is 0 Å². The summed E-state index contributed by atoms with van der Waals surface area (Å²) in [6, 6.07) is 16.9. The number of benzene rings is 2. The van der Waals surface area contributed by atoms with Crippen molar-refractivity contribution < 1.29 is 9.59 Å². The fraction of sp³-hybridized carbons (Fsp3) is 0.200. The van der Waals surface area contributed by atoms with E-state index >= 15 is 0 Å². The molecule has 26 heavy (non-hydrogen) atoms. The average Bonchev–Trinajstić information content (AvgIpc) is 3.01. The highest BCUT2D eigenvalue weighted by Crippen LogP contribution is 2.23. The van der Waals surface area contributed by atoms with Crippen LogP contribution in [0.4, 0.5) is 0 Å². The number of hydrogen-bond donors (Lipinski definition) is 2. The summed E-state index contributed by atoms with van der Waals surface area (Å²) in [5.74, 6) is -0.229. The zero-order valence-electron chi connectivity index (χ0n) is 14.0. The molecule has 1 aromatic heterocycles. The van der Waals surface area contributed by atoms with E-state index in [9.17, 15) is 9.59 Å². The van der Waals surface area contributed by atoms with Gasteiger partial charge in [-0.3, -0.25) is 9.59 Å². The van der Waals surface area contributed by atoms with E-state index in [1.807, 2.05) is 47.0 Å². The zero-order chi connectivity index (χ0) is 18.1. The summed E-state index contributed by atoms with van der Waals surface area (Å²) in [6.07, 6.45) is 0.241. The first-order chi connectivity index (χ1) is 12.6. The van der Waals surface area contributed by atoms with E-state index in [1.54, 1.807) is 12.1 Å². The van der Waals surface area contributed by atoms with E-state index in [0.717, 1.165) is 16.5 Å². The van der Waals surface area contributed by atoms with Gasteiger partial charge >= 0.3 is 0 Å². The Balaban J connectivity index is 1.42. The standard InChI is InChI=1S/C20H18ClN3O2/c21-15-7-5-13(6-8-15)11-22-19(25)10-16-12-24-17-4-2-1-3-14(17)9-18(24)20(26)23-16/h1-9,16H,10-12H2,(H,22,25)(H,23,26)/t16-/m0/s1. The monoisotopic (exact) mass is 367 g/mol. The molecule has 2 amide bonds. The van der Waals surface area contributed by atoms with Gasteiger partial charge in [0.25, 0.3) is 5.91 Å². The molecule has 1 aliphatic heterocycles. The molecule has 2 heterocycles. The number of amides is 2. The minimum absolute atomic E-state index is 0.0924. The summed E-state index contributed by atoms with van der Waals surface area (Å²) in [6.45, 7) is 1.03. The summed E-state index contributed by atoms with van der Waals surface area (Å²) >= 11 is 5.86. The lowest BCUT2D eigenvalue weighted by Crippen LogP contribution is -2.46. The maximum absolute atomic E-state index is 12.4. The molecule has 0 unspecified atom stereocenters. The van der Waals surface area contributed by atoms with Gasteiger partial charge < -0.3 is 15.2 Å². The lowest BCUT2D eigenvalue weighted by Gasteiger charge is -2.26. The van der Waals surface area contributed by atoms with Gasteiger partial charge in [0.1, 0.15) is 5.69 Å². The molecule has 0 spiro atoms. The lowest BCUT2D eigenvalue weighted by atomic mass is 10.1. The predicted molar refractivity (Wildman–Crippen MR) is 101 cm³/mol. The molecule has 1 atom stereocenters. The zero-order valence-corrected chi connectivity index (χ0v) is 14.8. The molecule has 0 saturated heterocycles. The van der Waals surface area contributed by atoms with Crippen LogP contribution in [0.1, 0.15) is 22.5 Å². The van der Waals surface area contributed by atoms with E-state index < -0.39 is 0 Å². The molecule has 0 radical (unpaired) electrons. The second-order valence-corrected chi connectivity index (χ2v) is 6.91. The Morgan fingerprint density at radius 1 is 1.19 bits per heavy atom. The Bertz CT molecular complexity index is 978. The molecule has 2 aromatic carbocycles. The highest BCUT2D eigenvalue weighted by atomic mass is 35.5. The van der Waals surface area contributed by atoms with Gasteiger partial charge in [-0.15, -0.1) is 0 Å². The van der Waals surface area contributed by atoms with Crippen LogP contribution in [0.2, 0.25) is 5.02 Å². The molecule has 4 rings (SSSR count). The van der Waals surface area contributed by atoms with Gasteiger partial charge in [-0.1, -0.05) is 41.9 Å². The molecule has 0 fully saturated rings. The molecule has 3 aromatic rings. The minimum Gasteiger partial charge on any atom is -0.352 e. The first-order valence-electron chi connectivity index (χ1n) is 8.50.